The number of fused-ring (bicyclic) bond motifs is 1. The van der Waals surface area contributed by atoms with Gasteiger partial charge in [0.25, 0.3) is 0 Å². The summed E-state index contributed by atoms with van der Waals surface area (Å²) in [4.78, 5) is 3.20. The molecule has 2 aromatic carbocycles. The van der Waals surface area contributed by atoms with Crippen LogP contribution in [0, 0.1) is 0 Å². The average Bonchev–Trinajstić information content (AvgIpc) is 3.14. The predicted octanol–water partition coefficient (Wildman–Crippen LogP) is 4.05. The Balaban J connectivity index is 1.48. The molecule has 1 aromatic heterocycles. The Hall–Kier alpha value is -2.24. The number of aromatic amines is 1. The number of aromatic nitrogens is 1. The van der Waals surface area contributed by atoms with Gasteiger partial charge in [-0.05, 0) is 74.4 Å². The minimum absolute atomic E-state index is 0.347. The lowest BCUT2D eigenvalue weighted by molar-refractivity contribution is 0.00578. The summed E-state index contributed by atoms with van der Waals surface area (Å²) in [5.41, 5.74) is 2.55. The standard InChI is InChI=1S/C21H24BNO3/c1-20(2)21(3,4)26-22(25-20)17-6-5-7-18(13-17)24-14-15-8-9-19-16(12-15)10-11-23-19/h5-13,23H,14H2,1-4H3. The van der Waals surface area contributed by atoms with Gasteiger partial charge >= 0.3 is 7.12 Å². The highest BCUT2D eigenvalue weighted by molar-refractivity contribution is 6.62. The number of benzene rings is 2. The van der Waals surface area contributed by atoms with Crippen molar-refractivity contribution < 1.29 is 14.0 Å². The van der Waals surface area contributed by atoms with Crippen LogP contribution in [0.3, 0.4) is 0 Å². The van der Waals surface area contributed by atoms with Gasteiger partial charge in [0.1, 0.15) is 12.4 Å². The number of ether oxygens (including phenoxy) is 1. The first-order chi connectivity index (χ1) is 12.3. The van der Waals surface area contributed by atoms with Gasteiger partial charge in [-0.2, -0.15) is 0 Å². The highest BCUT2D eigenvalue weighted by Gasteiger charge is 2.51. The Kier molecular flexibility index (Phi) is 4.09. The minimum Gasteiger partial charge on any atom is -0.489 e. The fraction of sp³-hybridized carbons (Fsp3) is 0.333. The van der Waals surface area contributed by atoms with E-state index in [2.05, 4.69) is 56.9 Å². The second kappa shape index (κ2) is 6.18. The fourth-order valence-electron chi connectivity index (χ4n) is 3.09. The van der Waals surface area contributed by atoms with Crippen molar-refractivity contribution in [2.24, 2.45) is 0 Å². The molecule has 26 heavy (non-hydrogen) atoms. The number of nitrogens with one attached hydrogen (secondary N) is 1. The maximum atomic E-state index is 6.13. The zero-order chi connectivity index (χ0) is 18.4. The summed E-state index contributed by atoms with van der Waals surface area (Å²) < 4.78 is 18.3. The van der Waals surface area contributed by atoms with E-state index in [-0.39, 0.29) is 18.3 Å². The van der Waals surface area contributed by atoms with E-state index in [0.29, 0.717) is 6.61 Å². The molecule has 0 spiro atoms. The van der Waals surface area contributed by atoms with Crippen molar-refractivity contribution in [3.63, 3.8) is 0 Å². The van der Waals surface area contributed by atoms with Crippen LogP contribution in [0.1, 0.15) is 33.3 Å². The van der Waals surface area contributed by atoms with Crippen molar-refractivity contribution in [1.82, 2.24) is 4.98 Å². The zero-order valence-electron chi connectivity index (χ0n) is 15.7. The molecule has 0 saturated carbocycles. The van der Waals surface area contributed by atoms with E-state index < -0.39 is 0 Å². The molecule has 1 saturated heterocycles. The molecule has 2 heterocycles. The molecule has 5 heteroatoms. The van der Waals surface area contributed by atoms with E-state index in [0.717, 1.165) is 22.3 Å². The van der Waals surface area contributed by atoms with Crippen LogP contribution in [0.5, 0.6) is 5.75 Å². The van der Waals surface area contributed by atoms with Crippen molar-refractivity contribution in [3.05, 3.63) is 60.3 Å². The van der Waals surface area contributed by atoms with Crippen LogP contribution < -0.4 is 10.2 Å². The van der Waals surface area contributed by atoms with Crippen molar-refractivity contribution in [2.45, 2.75) is 45.5 Å². The first-order valence-corrected chi connectivity index (χ1v) is 8.98. The Morgan fingerprint density at radius 2 is 1.73 bits per heavy atom. The van der Waals surface area contributed by atoms with Gasteiger partial charge in [0.15, 0.2) is 0 Å². The molecule has 0 atom stereocenters. The monoisotopic (exact) mass is 349 g/mol. The quantitative estimate of drug-likeness (QED) is 0.723. The molecule has 1 aliphatic heterocycles. The van der Waals surface area contributed by atoms with Gasteiger partial charge in [0.05, 0.1) is 11.2 Å². The zero-order valence-corrected chi connectivity index (χ0v) is 15.7. The molecule has 4 nitrogen and oxygen atoms in total. The van der Waals surface area contributed by atoms with E-state index in [1.807, 2.05) is 30.5 Å². The van der Waals surface area contributed by atoms with E-state index in [1.54, 1.807) is 0 Å². The normalized spacial score (nSPS) is 18.4. The summed E-state index contributed by atoms with van der Waals surface area (Å²) in [5, 5.41) is 1.19. The lowest BCUT2D eigenvalue weighted by Crippen LogP contribution is -2.41. The summed E-state index contributed by atoms with van der Waals surface area (Å²) in [6.07, 6.45) is 1.95. The van der Waals surface area contributed by atoms with Gasteiger partial charge < -0.3 is 19.0 Å². The summed E-state index contributed by atoms with van der Waals surface area (Å²) in [6, 6.07) is 16.3. The van der Waals surface area contributed by atoms with Gasteiger partial charge in [-0.25, -0.2) is 0 Å². The summed E-state index contributed by atoms with van der Waals surface area (Å²) >= 11 is 0. The van der Waals surface area contributed by atoms with Crippen LogP contribution in [0.15, 0.2) is 54.7 Å². The smallest absolute Gasteiger partial charge is 0.489 e. The molecule has 0 amide bonds. The van der Waals surface area contributed by atoms with Gasteiger partial charge in [-0.1, -0.05) is 18.2 Å². The number of hydrogen-bond acceptors (Lipinski definition) is 3. The molecule has 0 unspecified atom stereocenters. The van der Waals surface area contributed by atoms with Crippen LogP contribution in [0.4, 0.5) is 0 Å². The number of H-pyrrole nitrogens is 1. The molecule has 1 N–H and O–H groups in total. The molecular weight excluding hydrogens is 325 g/mol. The highest BCUT2D eigenvalue weighted by Crippen LogP contribution is 2.36. The topological polar surface area (TPSA) is 43.5 Å². The van der Waals surface area contributed by atoms with Gasteiger partial charge in [-0.15, -0.1) is 0 Å². The molecule has 0 bridgehead atoms. The molecule has 0 aliphatic carbocycles. The third-order valence-corrected chi connectivity index (χ3v) is 5.41. The minimum atomic E-state index is -0.375. The molecule has 1 aliphatic rings. The Labute approximate surface area is 154 Å². The Morgan fingerprint density at radius 3 is 2.50 bits per heavy atom. The first kappa shape index (κ1) is 17.2. The second-order valence-electron chi connectivity index (χ2n) is 7.85. The average molecular weight is 349 g/mol. The van der Waals surface area contributed by atoms with Crippen molar-refractivity contribution in [3.8, 4) is 5.75 Å². The lowest BCUT2D eigenvalue weighted by atomic mass is 9.79. The van der Waals surface area contributed by atoms with Crippen LogP contribution >= 0.6 is 0 Å². The van der Waals surface area contributed by atoms with Crippen molar-refractivity contribution in [2.75, 3.05) is 0 Å². The molecular formula is C21H24BNO3. The maximum Gasteiger partial charge on any atom is 0.494 e. The van der Waals surface area contributed by atoms with Crippen molar-refractivity contribution in [1.29, 1.82) is 0 Å². The first-order valence-electron chi connectivity index (χ1n) is 8.98. The van der Waals surface area contributed by atoms with Crippen molar-refractivity contribution >= 4 is 23.5 Å². The van der Waals surface area contributed by atoms with E-state index in [4.69, 9.17) is 14.0 Å². The summed E-state index contributed by atoms with van der Waals surface area (Å²) in [5.74, 6) is 0.811. The van der Waals surface area contributed by atoms with Crippen LogP contribution in [-0.2, 0) is 15.9 Å². The predicted molar refractivity (Wildman–Crippen MR) is 105 cm³/mol. The molecule has 0 radical (unpaired) electrons. The van der Waals surface area contributed by atoms with Gasteiger partial charge in [0.2, 0.25) is 0 Å². The Bertz CT molecular complexity index is 916. The van der Waals surface area contributed by atoms with E-state index >= 15 is 0 Å². The van der Waals surface area contributed by atoms with Crippen LogP contribution in [0.25, 0.3) is 10.9 Å². The fourth-order valence-corrected chi connectivity index (χ4v) is 3.09. The van der Waals surface area contributed by atoms with Crippen LogP contribution in [-0.4, -0.2) is 23.3 Å². The molecule has 4 rings (SSSR count). The van der Waals surface area contributed by atoms with Crippen LogP contribution in [0.2, 0.25) is 0 Å². The lowest BCUT2D eigenvalue weighted by Gasteiger charge is -2.32. The molecule has 1 fully saturated rings. The number of hydrogen-bond donors (Lipinski definition) is 1. The highest BCUT2D eigenvalue weighted by atomic mass is 16.7. The van der Waals surface area contributed by atoms with E-state index in [9.17, 15) is 0 Å². The third-order valence-electron chi connectivity index (χ3n) is 5.41. The van der Waals surface area contributed by atoms with Gasteiger partial charge in [-0.3, -0.25) is 0 Å². The van der Waals surface area contributed by atoms with E-state index in [1.165, 1.54) is 5.39 Å². The summed E-state index contributed by atoms with van der Waals surface area (Å²) in [7, 11) is -0.375. The largest absolute Gasteiger partial charge is 0.494 e. The Morgan fingerprint density at radius 1 is 0.962 bits per heavy atom. The molecule has 134 valence electrons. The third kappa shape index (κ3) is 3.13. The van der Waals surface area contributed by atoms with Gasteiger partial charge in [0, 0.05) is 11.7 Å². The number of rotatable bonds is 4. The molecule has 3 aromatic rings. The summed E-state index contributed by atoms with van der Waals surface area (Å²) in [6.45, 7) is 8.76. The second-order valence-corrected chi connectivity index (χ2v) is 7.85. The maximum absolute atomic E-state index is 6.13. The SMILES string of the molecule is CC1(C)OB(c2cccc(OCc3ccc4[nH]ccc4c3)c2)OC1(C)C.